The second-order valence-corrected chi connectivity index (χ2v) is 2.30. The second kappa shape index (κ2) is 3.19. The molecule has 0 aromatic carbocycles. The van der Waals surface area contributed by atoms with Crippen LogP contribution in [0.2, 0.25) is 0 Å². The molecule has 0 saturated heterocycles. The molecule has 2 heteroatoms. The van der Waals surface area contributed by atoms with Gasteiger partial charge in [-0.3, -0.25) is 0 Å². The summed E-state index contributed by atoms with van der Waals surface area (Å²) in [4.78, 5) is 10.7. The van der Waals surface area contributed by atoms with Crippen molar-refractivity contribution in [2.45, 2.75) is 13.8 Å². The molecule has 1 rings (SSSR count). The third-order valence-electron chi connectivity index (χ3n) is 1.39. The molecule has 58 valence electrons. The summed E-state index contributed by atoms with van der Waals surface area (Å²) >= 11 is 0. The predicted molar refractivity (Wildman–Crippen MR) is 44.4 cm³/mol. The maximum absolute atomic E-state index is 10.7. The first kappa shape index (κ1) is 7.79. The van der Waals surface area contributed by atoms with Crippen LogP contribution >= 0.6 is 0 Å². The fraction of sp³-hybridized carbons (Fsp3) is 0.222. The fourth-order valence-electron chi connectivity index (χ4n) is 0.815. The van der Waals surface area contributed by atoms with Crippen LogP contribution in [0.1, 0.15) is 18.2 Å². The van der Waals surface area contributed by atoms with Crippen molar-refractivity contribution in [3.05, 3.63) is 40.0 Å². The van der Waals surface area contributed by atoms with Gasteiger partial charge in [0, 0.05) is 6.07 Å². The van der Waals surface area contributed by atoms with Crippen LogP contribution in [0, 0.1) is 6.92 Å². The fourth-order valence-corrected chi connectivity index (χ4v) is 0.815. The topological polar surface area (TPSA) is 30.2 Å². The van der Waals surface area contributed by atoms with E-state index in [4.69, 9.17) is 4.42 Å². The monoisotopic (exact) mass is 150 g/mol. The summed E-state index contributed by atoms with van der Waals surface area (Å²) in [6, 6.07) is 3.17. The van der Waals surface area contributed by atoms with Gasteiger partial charge in [0.1, 0.15) is 5.76 Å². The summed E-state index contributed by atoms with van der Waals surface area (Å²) in [6.07, 6.45) is 3.61. The van der Waals surface area contributed by atoms with E-state index in [1.165, 1.54) is 6.07 Å². The third-order valence-corrected chi connectivity index (χ3v) is 1.39. The number of hydrogen-bond donors (Lipinski definition) is 0. The van der Waals surface area contributed by atoms with Gasteiger partial charge in [0.2, 0.25) is 0 Å². The molecule has 0 radical (unpaired) electrons. The zero-order valence-electron chi connectivity index (χ0n) is 6.63. The molecule has 1 aromatic rings. The van der Waals surface area contributed by atoms with Gasteiger partial charge in [-0.25, -0.2) is 4.79 Å². The summed E-state index contributed by atoms with van der Waals surface area (Å²) in [5.74, 6) is 0.639. The van der Waals surface area contributed by atoms with E-state index in [-0.39, 0.29) is 5.63 Å². The Bertz CT molecular complexity index is 321. The normalized spacial score (nSPS) is 10.7. The van der Waals surface area contributed by atoms with Crippen LogP contribution in [0.3, 0.4) is 0 Å². The lowest BCUT2D eigenvalue weighted by atomic mass is 10.2. The molecule has 0 saturated carbocycles. The first-order valence-electron chi connectivity index (χ1n) is 3.47. The SMILES string of the molecule is C/C=C/c1oc(=O)ccc1C. The highest BCUT2D eigenvalue weighted by atomic mass is 16.4. The molecule has 0 aliphatic carbocycles. The third kappa shape index (κ3) is 1.80. The highest BCUT2D eigenvalue weighted by Gasteiger charge is 1.95. The van der Waals surface area contributed by atoms with Crippen LogP contribution < -0.4 is 5.63 Å². The molecular formula is C9H10O2. The van der Waals surface area contributed by atoms with Gasteiger partial charge in [0.15, 0.2) is 0 Å². The van der Waals surface area contributed by atoms with Crippen molar-refractivity contribution < 1.29 is 4.42 Å². The first-order valence-corrected chi connectivity index (χ1v) is 3.47. The second-order valence-electron chi connectivity index (χ2n) is 2.30. The maximum Gasteiger partial charge on any atom is 0.336 e. The molecule has 0 aliphatic heterocycles. The Morgan fingerprint density at radius 1 is 1.45 bits per heavy atom. The van der Waals surface area contributed by atoms with E-state index in [9.17, 15) is 4.79 Å². The van der Waals surface area contributed by atoms with Crippen LogP contribution in [-0.4, -0.2) is 0 Å². The molecule has 0 N–H and O–H groups in total. The number of hydrogen-bond acceptors (Lipinski definition) is 2. The molecule has 0 aliphatic rings. The summed E-state index contributed by atoms with van der Waals surface area (Å²) in [7, 11) is 0. The number of rotatable bonds is 1. The zero-order chi connectivity index (χ0) is 8.27. The summed E-state index contributed by atoms with van der Waals surface area (Å²) in [6.45, 7) is 3.78. The van der Waals surface area contributed by atoms with Gasteiger partial charge in [-0.2, -0.15) is 0 Å². The minimum atomic E-state index is -0.302. The molecule has 0 bridgehead atoms. The summed E-state index contributed by atoms with van der Waals surface area (Å²) in [5, 5.41) is 0. The first-order chi connectivity index (χ1) is 5.24. The minimum absolute atomic E-state index is 0.302. The average molecular weight is 150 g/mol. The molecule has 1 heterocycles. The van der Waals surface area contributed by atoms with E-state index < -0.39 is 0 Å². The minimum Gasteiger partial charge on any atom is -0.423 e. The van der Waals surface area contributed by atoms with E-state index in [2.05, 4.69) is 0 Å². The smallest absolute Gasteiger partial charge is 0.336 e. The van der Waals surface area contributed by atoms with Gasteiger partial charge in [-0.15, -0.1) is 0 Å². The molecule has 0 fully saturated rings. The summed E-state index contributed by atoms with van der Waals surface area (Å²) < 4.78 is 4.91. The van der Waals surface area contributed by atoms with Crippen molar-refractivity contribution in [1.82, 2.24) is 0 Å². The lowest BCUT2D eigenvalue weighted by molar-refractivity contribution is 0.497. The number of aryl methyl sites for hydroxylation is 1. The van der Waals surface area contributed by atoms with Gasteiger partial charge in [-0.1, -0.05) is 6.08 Å². The van der Waals surface area contributed by atoms with Crippen LogP contribution in [0.4, 0.5) is 0 Å². The molecule has 1 aromatic heterocycles. The Hall–Kier alpha value is -1.31. The van der Waals surface area contributed by atoms with Crippen molar-refractivity contribution in [3.63, 3.8) is 0 Å². The van der Waals surface area contributed by atoms with Gasteiger partial charge >= 0.3 is 5.63 Å². The van der Waals surface area contributed by atoms with Crippen molar-refractivity contribution in [1.29, 1.82) is 0 Å². The van der Waals surface area contributed by atoms with Crippen molar-refractivity contribution in [2.24, 2.45) is 0 Å². The maximum atomic E-state index is 10.7. The van der Waals surface area contributed by atoms with Crippen molar-refractivity contribution in [2.75, 3.05) is 0 Å². The number of allylic oxidation sites excluding steroid dienone is 1. The van der Waals surface area contributed by atoms with Crippen LogP contribution in [-0.2, 0) is 0 Å². The van der Waals surface area contributed by atoms with E-state index >= 15 is 0 Å². The van der Waals surface area contributed by atoms with E-state index in [0.717, 1.165) is 5.56 Å². The quantitative estimate of drug-likeness (QED) is 0.612. The lowest BCUT2D eigenvalue weighted by Crippen LogP contribution is -1.97. The Morgan fingerprint density at radius 2 is 2.18 bits per heavy atom. The van der Waals surface area contributed by atoms with Gasteiger partial charge < -0.3 is 4.42 Å². The Balaban J connectivity index is 3.23. The highest BCUT2D eigenvalue weighted by Crippen LogP contribution is 2.05. The Morgan fingerprint density at radius 3 is 2.82 bits per heavy atom. The predicted octanol–water partition coefficient (Wildman–Crippen LogP) is 1.98. The van der Waals surface area contributed by atoms with Gasteiger partial charge in [0.25, 0.3) is 0 Å². The van der Waals surface area contributed by atoms with Gasteiger partial charge in [0.05, 0.1) is 0 Å². The highest BCUT2D eigenvalue weighted by molar-refractivity contribution is 5.45. The molecular weight excluding hydrogens is 140 g/mol. The van der Waals surface area contributed by atoms with E-state index in [0.29, 0.717) is 5.76 Å². The molecule has 0 amide bonds. The molecule has 0 unspecified atom stereocenters. The Kier molecular flexibility index (Phi) is 2.26. The van der Waals surface area contributed by atoms with Crippen LogP contribution in [0.15, 0.2) is 27.4 Å². The van der Waals surface area contributed by atoms with Crippen molar-refractivity contribution in [3.8, 4) is 0 Å². The van der Waals surface area contributed by atoms with Crippen LogP contribution in [0.25, 0.3) is 6.08 Å². The van der Waals surface area contributed by atoms with Crippen molar-refractivity contribution >= 4 is 6.08 Å². The lowest BCUT2D eigenvalue weighted by Gasteiger charge is -1.94. The summed E-state index contributed by atoms with van der Waals surface area (Å²) in [5.41, 5.74) is 0.673. The Labute approximate surface area is 65.2 Å². The molecule has 0 atom stereocenters. The van der Waals surface area contributed by atoms with Gasteiger partial charge in [-0.05, 0) is 31.6 Å². The largest absolute Gasteiger partial charge is 0.423 e. The van der Waals surface area contributed by atoms with Crippen LogP contribution in [0.5, 0.6) is 0 Å². The zero-order valence-corrected chi connectivity index (χ0v) is 6.63. The average Bonchev–Trinajstić information content (AvgIpc) is 1.98. The molecule has 11 heavy (non-hydrogen) atoms. The molecule has 0 spiro atoms. The standard InChI is InChI=1S/C9H10O2/c1-3-4-8-7(2)5-6-9(10)11-8/h3-6H,1-2H3/b4-3+. The van der Waals surface area contributed by atoms with E-state index in [1.807, 2.05) is 19.9 Å². The van der Waals surface area contributed by atoms with E-state index in [1.54, 1.807) is 12.1 Å². The molecule has 2 nitrogen and oxygen atoms in total.